The minimum absolute atomic E-state index is 0.0638. The van der Waals surface area contributed by atoms with Crippen molar-refractivity contribution in [1.29, 1.82) is 0 Å². The predicted octanol–water partition coefficient (Wildman–Crippen LogP) is -0.0965. The number of rotatable bonds is 6. The third-order valence-corrected chi connectivity index (χ3v) is 6.28. The molecule has 0 spiro atoms. The second-order valence-electron chi connectivity index (χ2n) is 6.36. The Morgan fingerprint density at radius 1 is 1.31 bits per heavy atom. The molecular formula is C16H21N5O4S. The van der Waals surface area contributed by atoms with Crippen molar-refractivity contribution in [2.24, 2.45) is 5.92 Å². The van der Waals surface area contributed by atoms with Crippen LogP contribution in [0.5, 0.6) is 0 Å². The first kappa shape index (κ1) is 18.5. The maximum Gasteiger partial charge on any atom is 0.251 e. The highest BCUT2D eigenvalue weighted by molar-refractivity contribution is 7.89. The molecule has 1 amide bonds. The zero-order chi connectivity index (χ0) is 18.7. The van der Waals surface area contributed by atoms with Crippen molar-refractivity contribution in [3.05, 3.63) is 42.5 Å². The topological polar surface area (TPSA) is 106 Å². The maximum absolute atomic E-state index is 12.6. The number of benzene rings is 1. The van der Waals surface area contributed by atoms with Gasteiger partial charge in [0.25, 0.3) is 5.91 Å². The van der Waals surface area contributed by atoms with Crippen molar-refractivity contribution in [2.75, 3.05) is 33.1 Å². The first-order valence-electron chi connectivity index (χ1n) is 8.11. The van der Waals surface area contributed by atoms with Crippen LogP contribution in [-0.2, 0) is 14.8 Å². The van der Waals surface area contributed by atoms with Gasteiger partial charge in [0.05, 0.1) is 25.0 Å². The molecule has 9 nitrogen and oxygen atoms in total. The molecule has 2 heterocycles. The van der Waals surface area contributed by atoms with E-state index in [1.165, 1.54) is 18.4 Å². The zero-order valence-electron chi connectivity index (χ0n) is 14.6. The minimum atomic E-state index is -3.37. The molecule has 1 saturated heterocycles. The lowest BCUT2D eigenvalue weighted by atomic mass is 10.1. The average molecular weight is 379 g/mol. The monoisotopic (exact) mass is 379 g/mol. The van der Waals surface area contributed by atoms with E-state index in [1.54, 1.807) is 35.4 Å². The van der Waals surface area contributed by atoms with Gasteiger partial charge in [-0.2, -0.15) is 0 Å². The van der Waals surface area contributed by atoms with Gasteiger partial charge in [0.1, 0.15) is 12.7 Å². The summed E-state index contributed by atoms with van der Waals surface area (Å²) in [5.74, 6) is -0.624. The largest absolute Gasteiger partial charge is 0.379 e. The Morgan fingerprint density at radius 3 is 2.73 bits per heavy atom. The van der Waals surface area contributed by atoms with E-state index >= 15 is 0 Å². The summed E-state index contributed by atoms with van der Waals surface area (Å²) in [7, 11) is -0.376. The number of sulfonamides is 1. The van der Waals surface area contributed by atoms with Gasteiger partial charge in [-0.3, -0.25) is 9.36 Å². The van der Waals surface area contributed by atoms with Gasteiger partial charge < -0.3 is 10.1 Å². The van der Waals surface area contributed by atoms with E-state index in [0.717, 1.165) is 5.69 Å². The van der Waals surface area contributed by atoms with E-state index in [9.17, 15) is 13.2 Å². The number of hydrogen-bond acceptors (Lipinski definition) is 6. The number of amides is 1. The van der Waals surface area contributed by atoms with Gasteiger partial charge in [0, 0.05) is 31.3 Å². The zero-order valence-corrected chi connectivity index (χ0v) is 15.4. The standard InChI is InChI=1S/C16H21N5O4S/c1-20(2)26(23,24)9-13-7-25-8-15(13)19-16(22)12-4-3-5-14(6-12)21-10-17-18-11-21/h3-6,10-11,13,15H,7-9H2,1-2H3,(H,19,22)/t13-,15-/m0/s1. The van der Waals surface area contributed by atoms with Gasteiger partial charge in [-0.05, 0) is 18.2 Å². The number of ether oxygens (including phenoxy) is 1. The Kier molecular flexibility index (Phi) is 5.35. The summed E-state index contributed by atoms with van der Waals surface area (Å²) < 4.78 is 32.5. The van der Waals surface area contributed by atoms with Crippen LogP contribution in [0, 0.1) is 5.92 Å². The maximum atomic E-state index is 12.6. The van der Waals surface area contributed by atoms with Crippen molar-refractivity contribution in [3.8, 4) is 5.69 Å². The minimum Gasteiger partial charge on any atom is -0.379 e. The first-order valence-corrected chi connectivity index (χ1v) is 9.71. The fourth-order valence-electron chi connectivity index (χ4n) is 2.74. The molecule has 1 aromatic carbocycles. The second-order valence-corrected chi connectivity index (χ2v) is 8.59. The molecule has 0 saturated carbocycles. The fourth-order valence-corrected chi connectivity index (χ4v) is 3.90. The highest BCUT2D eigenvalue weighted by Gasteiger charge is 2.34. The van der Waals surface area contributed by atoms with Crippen LogP contribution in [0.4, 0.5) is 0 Å². The summed E-state index contributed by atoms with van der Waals surface area (Å²) in [5, 5.41) is 10.4. The molecule has 1 fully saturated rings. The van der Waals surface area contributed by atoms with Gasteiger partial charge >= 0.3 is 0 Å². The van der Waals surface area contributed by atoms with Gasteiger partial charge in [-0.1, -0.05) is 6.07 Å². The lowest BCUT2D eigenvalue weighted by molar-refractivity contribution is 0.0926. The third kappa shape index (κ3) is 4.09. The van der Waals surface area contributed by atoms with Crippen LogP contribution in [0.25, 0.3) is 5.69 Å². The molecule has 0 radical (unpaired) electrons. The lowest BCUT2D eigenvalue weighted by Gasteiger charge is -2.21. The summed E-state index contributed by atoms with van der Waals surface area (Å²) in [6.07, 6.45) is 3.09. The summed E-state index contributed by atoms with van der Waals surface area (Å²) in [6.45, 7) is 0.600. The van der Waals surface area contributed by atoms with Crippen LogP contribution >= 0.6 is 0 Å². The van der Waals surface area contributed by atoms with Gasteiger partial charge in [0.15, 0.2) is 0 Å². The Bertz CT molecular complexity index is 867. The van der Waals surface area contributed by atoms with E-state index in [4.69, 9.17) is 4.74 Å². The summed E-state index contributed by atoms with van der Waals surface area (Å²) in [4.78, 5) is 12.6. The molecule has 140 valence electrons. The van der Waals surface area contributed by atoms with E-state index < -0.39 is 10.0 Å². The summed E-state index contributed by atoms with van der Waals surface area (Å²) >= 11 is 0. The highest BCUT2D eigenvalue weighted by atomic mass is 32.2. The Hall–Kier alpha value is -2.30. The molecule has 1 N–H and O–H groups in total. The van der Waals surface area contributed by atoms with Crippen LogP contribution in [0.1, 0.15) is 10.4 Å². The Balaban J connectivity index is 1.70. The summed E-state index contributed by atoms with van der Waals surface area (Å²) in [5.41, 5.74) is 1.23. The number of aromatic nitrogens is 3. The molecular weight excluding hydrogens is 358 g/mol. The molecule has 26 heavy (non-hydrogen) atoms. The van der Waals surface area contributed by atoms with Gasteiger partial charge in [-0.15, -0.1) is 10.2 Å². The number of nitrogens with zero attached hydrogens (tertiary/aromatic N) is 4. The van der Waals surface area contributed by atoms with Gasteiger partial charge in [0.2, 0.25) is 10.0 Å². The number of nitrogens with one attached hydrogen (secondary N) is 1. The first-order chi connectivity index (χ1) is 12.4. The molecule has 2 atom stereocenters. The number of carbonyl (C=O) groups is 1. The Morgan fingerprint density at radius 2 is 2.04 bits per heavy atom. The van der Waals surface area contributed by atoms with Crippen molar-refractivity contribution in [1.82, 2.24) is 24.4 Å². The molecule has 0 unspecified atom stereocenters. The highest BCUT2D eigenvalue weighted by Crippen LogP contribution is 2.18. The fraction of sp³-hybridized carbons (Fsp3) is 0.438. The van der Waals surface area contributed by atoms with Crippen LogP contribution in [0.3, 0.4) is 0 Å². The van der Waals surface area contributed by atoms with Gasteiger partial charge in [-0.25, -0.2) is 12.7 Å². The molecule has 1 aromatic heterocycles. The number of carbonyl (C=O) groups excluding carboxylic acids is 1. The molecule has 2 aromatic rings. The van der Waals surface area contributed by atoms with Crippen molar-refractivity contribution in [2.45, 2.75) is 6.04 Å². The third-order valence-electron chi connectivity index (χ3n) is 4.32. The van der Waals surface area contributed by atoms with Crippen LogP contribution in [-0.4, -0.2) is 72.5 Å². The quantitative estimate of drug-likeness (QED) is 0.751. The SMILES string of the molecule is CN(C)S(=O)(=O)C[C@@H]1COC[C@@H]1NC(=O)c1cccc(-n2cnnc2)c1. The van der Waals surface area contributed by atoms with Crippen molar-refractivity contribution >= 4 is 15.9 Å². The molecule has 10 heteroatoms. The normalized spacial score (nSPS) is 20.4. The molecule has 1 aliphatic rings. The average Bonchev–Trinajstić information content (AvgIpc) is 3.27. The van der Waals surface area contributed by atoms with E-state index in [2.05, 4.69) is 15.5 Å². The van der Waals surface area contributed by atoms with Crippen molar-refractivity contribution < 1.29 is 17.9 Å². The molecule has 1 aliphatic heterocycles. The number of hydrogen-bond donors (Lipinski definition) is 1. The smallest absolute Gasteiger partial charge is 0.251 e. The molecule has 0 bridgehead atoms. The van der Waals surface area contributed by atoms with E-state index in [1.807, 2.05) is 6.07 Å². The Labute approximate surface area is 152 Å². The van der Waals surface area contributed by atoms with E-state index in [0.29, 0.717) is 18.8 Å². The molecule has 3 rings (SSSR count). The van der Waals surface area contributed by atoms with Crippen LogP contribution in [0.2, 0.25) is 0 Å². The van der Waals surface area contributed by atoms with Crippen LogP contribution < -0.4 is 5.32 Å². The van der Waals surface area contributed by atoms with Crippen molar-refractivity contribution in [3.63, 3.8) is 0 Å². The van der Waals surface area contributed by atoms with E-state index in [-0.39, 0.29) is 23.6 Å². The predicted molar refractivity (Wildman–Crippen MR) is 94.4 cm³/mol. The van der Waals surface area contributed by atoms with Crippen LogP contribution in [0.15, 0.2) is 36.9 Å². The summed E-state index contributed by atoms with van der Waals surface area (Å²) in [6, 6.07) is 6.68. The second kappa shape index (κ2) is 7.52. The molecule has 0 aliphatic carbocycles. The lowest BCUT2D eigenvalue weighted by Crippen LogP contribution is -2.43.